The van der Waals surface area contributed by atoms with E-state index in [1.165, 1.54) is 24.8 Å². The Bertz CT molecular complexity index is 1040. The molecule has 0 radical (unpaired) electrons. The number of aliphatic hydroxyl groups excluding tert-OH is 2. The first-order chi connectivity index (χ1) is 17.5. The summed E-state index contributed by atoms with van der Waals surface area (Å²) in [4.78, 5) is 11.4. The van der Waals surface area contributed by atoms with Gasteiger partial charge in [-0.2, -0.15) is 8.42 Å². The van der Waals surface area contributed by atoms with Crippen LogP contribution in [0.3, 0.4) is 0 Å². The van der Waals surface area contributed by atoms with Crippen molar-refractivity contribution in [2.75, 3.05) is 7.11 Å². The highest BCUT2D eigenvalue weighted by atomic mass is 32.2. The van der Waals surface area contributed by atoms with Crippen LogP contribution in [0, 0.1) is 18.8 Å². The Morgan fingerprint density at radius 1 is 1.16 bits per heavy atom. The summed E-state index contributed by atoms with van der Waals surface area (Å²) in [6.07, 6.45) is 10.9. The lowest BCUT2D eigenvalue weighted by molar-refractivity contribution is -0.140. The van der Waals surface area contributed by atoms with Gasteiger partial charge in [0.1, 0.15) is 0 Å². The molecule has 1 fully saturated rings. The number of esters is 1. The third-order valence-electron chi connectivity index (χ3n) is 6.57. The smallest absolute Gasteiger partial charge is 0.305 e. The van der Waals surface area contributed by atoms with Crippen LogP contribution in [0.5, 0.6) is 0 Å². The lowest BCUT2D eigenvalue weighted by Gasteiger charge is -2.22. The average molecular weight is 535 g/mol. The van der Waals surface area contributed by atoms with E-state index in [1.54, 1.807) is 24.3 Å². The second kappa shape index (κ2) is 15.2. The molecule has 1 saturated carbocycles. The Balaban J connectivity index is 2.14. The molecule has 2 rings (SSSR count). The van der Waals surface area contributed by atoms with Crippen molar-refractivity contribution in [2.24, 2.45) is 11.8 Å². The van der Waals surface area contributed by atoms with E-state index >= 15 is 0 Å². The molecule has 0 heterocycles. The molecular weight excluding hydrogens is 492 g/mol. The summed E-state index contributed by atoms with van der Waals surface area (Å²) >= 11 is 0. The number of hydrogen-bond donors (Lipinski definition) is 2. The molecular formula is C29H42O7S. The van der Waals surface area contributed by atoms with Crippen molar-refractivity contribution in [3.05, 3.63) is 65.8 Å². The number of ether oxygens (including phenoxy) is 1. The lowest BCUT2D eigenvalue weighted by Crippen LogP contribution is -2.25. The van der Waals surface area contributed by atoms with Crippen molar-refractivity contribution in [3.8, 4) is 0 Å². The predicted molar refractivity (Wildman–Crippen MR) is 144 cm³/mol. The van der Waals surface area contributed by atoms with E-state index in [9.17, 15) is 23.4 Å². The first-order valence-corrected chi connectivity index (χ1v) is 14.3. The van der Waals surface area contributed by atoms with Crippen molar-refractivity contribution < 1.29 is 32.3 Å². The molecule has 206 valence electrons. The molecule has 0 spiro atoms. The molecule has 1 aliphatic carbocycles. The summed E-state index contributed by atoms with van der Waals surface area (Å²) < 4.78 is 36.3. The normalized spacial score (nSPS) is 23.0. The monoisotopic (exact) mass is 534 g/mol. The Morgan fingerprint density at radius 3 is 2.51 bits per heavy atom. The average Bonchev–Trinajstić information content (AvgIpc) is 3.12. The minimum absolute atomic E-state index is 0.0818. The molecule has 1 aliphatic rings. The molecule has 2 N–H and O–H groups in total. The second-order valence-corrected chi connectivity index (χ2v) is 11.5. The molecule has 0 aliphatic heterocycles. The van der Waals surface area contributed by atoms with Gasteiger partial charge in [0.25, 0.3) is 10.1 Å². The van der Waals surface area contributed by atoms with Gasteiger partial charge in [-0.25, -0.2) is 0 Å². The third-order valence-corrected chi connectivity index (χ3v) is 7.92. The van der Waals surface area contributed by atoms with Crippen LogP contribution >= 0.6 is 0 Å². The standard InChI is InChI=1S/C29H42O7S/c1-21(2)10-9-11-23(30)16-19-25-26(12-7-5-6-8-13-29(32)35-4)28(20-27(25)31)36-37(33,34)24-17-14-22(3)15-18-24/h5,7,10,14-19,23,25-28,30-31H,6,8-9,11-13,20H2,1-4H3/b7-5-,19-16+/t23-,25+,26+,27+,28+/m0/s1. The number of methoxy groups -OCH3 is 1. The SMILES string of the molecule is COC(=O)CCC/C=C\C[C@@H]1[C@@H](/C=C/[C@@H](O)CCC=C(C)C)[C@H](O)C[C@H]1OS(=O)(=O)c1ccc(C)cc1. The van der Waals surface area contributed by atoms with Crippen LogP contribution in [0.4, 0.5) is 0 Å². The number of aliphatic hydroxyl groups is 2. The van der Waals surface area contributed by atoms with Crippen molar-refractivity contribution in [1.82, 2.24) is 0 Å². The van der Waals surface area contributed by atoms with Gasteiger partial charge in [0.15, 0.2) is 0 Å². The molecule has 8 heteroatoms. The van der Waals surface area contributed by atoms with Gasteiger partial charge in [0, 0.05) is 18.8 Å². The van der Waals surface area contributed by atoms with Crippen molar-refractivity contribution in [1.29, 1.82) is 0 Å². The molecule has 5 atom stereocenters. The van der Waals surface area contributed by atoms with Gasteiger partial charge in [-0.15, -0.1) is 0 Å². The lowest BCUT2D eigenvalue weighted by atomic mass is 9.89. The summed E-state index contributed by atoms with van der Waals surface area (Å²) in [7, 11) is -2.65. The molecule has 1 aromatic carbocycles. The zero-order valence-electron chi connectivity index (χ0n) is 22.4. The fourth-order valence-electron chi connectivity index (χ4n) is 4.45. The molecule has 0 bridgehead atoms. The number of unbranched alkanes of at least 4 members (excludes halogenated alkanes) is 1. The summed E-state index contributed by atoms with van der Waals surface area (Å²) in [6, 6.07) is 6.48. The number of allylic oxidation sites excluding steroid dienone is 4. The maximum Gasteiger partial charge on any atom is 0.305 e. The van der Waals surface area contributed by atoms with Crippen LogP contribution < -0.4 is 0 Å². The van der Waals surface area contributed by atoms with Crippen LogP contribution in [0.25, 0.3) is 0 Å². The number of hydrogen-bond acceptors (Lipinski definition) is 7. The third kappa shape index (κ3) is 10.6. The first-order valence-electron chi connectivity index (χ1n) is 12.9. The fraction of sp³-hybridized carbons (Fsp3) is 0.552. The molecule has 0 unspecified atom stereocenters. The highest BCUT2D eigenvalue weighted by Gasteiger charge is 2.43. The molecule has 7 nitrogen and oxygen atoms in total. The van der Waals surface area contributed by atoms with Gasteiger partial charge in [0.2, 0.25) is 0 Å². The van der Waals surface area contributed by atoms with Gasteiger partial charge in [-0.3, -0.25) is 8.98 Å². The zero-order valence-corrected chi connectivity index (χ0v) is 23.2. The summed E-state index contributed by atoms with van der Waals surface area (Å²) in [6.45, 7) is 5.90. The summed E-state index contributed by atoms with van der Waals surface area (Å²) in [5.74, 6) is -0.917. The maximum atomic E-state index is 13.0. The van der Waals surface area contributed by atoms with Crippen molar-refractivity contribution >= 4 is 16.1 Å². The zero-order chi connectivity index (χ0) is 27.4. The highest BCUT2D eigenvalue weighted by Crippen LogP contribution is 2.39. The number of carbonyl (C=O) groups is 1. The molecule has 0 aromatic heterocycles. The fourth-order valence-corrected chi connectivity index (χ4v) is 5.58. The number of aryl methyl sites for hydroxylation is 1. The maximum absolute atomic E-state index is 13.0. The van der Waals surface area contributed by atoms with E-state index in [1.807, 2.05) is 32.9 Å². The molecule has 0 saturated heterocycles. The van der Waals surface area contributed by atoms with E-state index < -0.39 is 28.4 Å². The Labute approximate surface area is 222 Å². The quantitative estimate of drug-likeness (QED) is 0.149. The largest absolute Gasteiger partial charge is 0.469 e. The molecule has 37 heavy (non-hydrogen) atoms. The van der Waals surface area contributed by atoms with Crippen LogP contribution in [0.15, 0.2) is 65.1 Å². The van der Waals surface area contributed by atoms with Gasteiger partial charge >= 0.3 is 5.97 Å². The summed E-state index contributed by atoms with van der Waals surface area (Å²) in [5.41, 5.74) is 2.13. The second-order valence-electron chi connectivity index (χ2n) is 9.93. The van der Waals surface area contributed by atoms with Crippen molar-refractivity contribution in [2.45, 2.75) is 88.9 Å². The van der Waals surface area contributed by atoms with Crippen LogP contribution in [-0.2, 0) is 23.8 Å². The minimum Gasteiger partial charge on any atom is -0.469 e. The van der Waals surface area contributed by atoms with E-state index in [2.05, 4.69) is 10.8 Å². The van der Waals surface area contributed by atoms with Gasteiger partial charge in [0.05, 0.1) is 30.3 Å². The van der Waals surface area contributed by atoms with Crippen LogP contribution in [0.1, 0.15) is 64.4 Å². The Morgan fingerprint density at radius 2 is 1.86 bits per heavy atom. The van der Waals surface area contributed by atoms with E-state index in [0.717, 1.165) is 12.0 Å². The van der Waals surface area contributed by atoms with Crippen LogP contribution in [0.2, 0.25) is 0 Å². The van der Waals surface area contributed by atoms with E-state index in [-0.39, 0.29) is 29.1 Å². The number of rotatable bonds is 14. The Hall–Kier alpha value is -2.26. The number of carbonyl (C=O) groups excluding carboxylic acids is 1. The number of benzene rings is 1. The molecule has 1 aromatic rings. The minimum atomic E-state index is -4.01. The molecule has 0 amide bonds. The van der Waals surface area contributed by atoms with Crippen molar-refractivity contribution in [3.63, 3.8) is 0 Å². The van der Waals surface area contributed by atoms with Gasteiger partial charge in [-0.05, 0) is 70.9 Å². The van der Waals surface area contributed by atoms with Gasteiger partial charge in [-0.1, -0.05) is 53.6 Å². The topological polar surface area (TPSA) is 110 Å². The van der Waals surface area contributed by atoms with Crippen LogP contribution in [-0.4, -0.2) is 50.0 Å². The highest BCUT2D eigenvalue weighted by molar-refractivity contribution is 7.86. The predicted octanol–water partition coefficient (Wildman–Crippen LogP) is 5.02. The summed E-state index contributed by atoms with van der Waals surface area (Å²) in [5, 5.41) is 21.2. The first kappa shape index (κ1) is 31.0. The van der Waals surface area contributed by atoms with E-state index in [0.29, 0.717) is 32.1 Å². The van der Waals surface area contributed by atoms with E-state index in [4.69, 9.17) is 4.18 Å². The van der Waals surface area contributed by atoms with Gasteiger partial charge < -0.3 is 14.9 Å². The Kier molecular flexibility index (Phi) is 12.7.